The Balaban J connectivity index is 1.41. The zero-order valence-corrected chi connectivity index (χ0v) is 17.7. The molecule has 0 bridgehead atoms. The Labute approximate surface area is 171 Å². The van der Waals surface area contributed by atoms with Crippen molar-refractivity contribution in [2.45, 2.75) is 37.4 Å². The third kappa shape index (κ3) is 6.12. The molecule has 1 unspecified atom stereocenters. The van der Waals surface area contributed by atoms with Crippen molar-refractivity contribution >= 4 is 28.6 Å². The molecule has 1 fully saturated rings. The van der Waals surface area contributed by atoms with Gasteiger partial charge in [0.2, 0.25) is 0 Å². The number of rotatable bonds is 5. The van der Waals surface area contributed by atoms with Gasteiger partial charge in [0.1, 0.15) is 5.60 Å². The lowest BCUT2D eigenvalue weighted by molar-refractivity contribution is 0.0112. The first-order chi connectivity index (χ1) is 13.3. The van der Waals surface area contributed by atoms with Gasteiger partial charge in [-0.2, -0.15) is 0 Å². The van der Waals surface area contributed by atoms with Gasteiger partial charge < -0.3 is 14.7 Å². The van der Waals surface area contributed by atoms with Crippen molar-refractivity contribution in [2.75, 3.05) is 38.5 Å². The van der Waals surface area contributed by atoms with Gasteiger partial charge in [-0.15, -0.1) is 11.8 Å². The van der Waals surface area contributed by atoms with Crippen molar-refractivity contribution < 1.29 is 14.6 Å². The van der Waals surface area contributed by atoms with Crippen LogP contribution < -0.4 is 0 Å². The Kier molecular flexibility index (Phi) is 6.86. The number of carbonyl (C=O) groups is 1. The molecule has 2 aromatic carbocycles. The van der Waals surface area contributed by atoms with E-state index in [9.17, 15) is 9.90 Å². The highest BCUT2D eigenvalue weighted by atomic mass is 32.2. The van der Waals surface area contributed by atoms with Crippen LogP contribution in [0.5, 0.6) is 0 Å². The summed E-state index contributed by atoms with van der Waals surface area (Å²) in [7, 11) is 0. The van der Waals surface area contributed by atoms with E-state index in [0.717, 1.165) is 13.1 Å². The summed E-state index contributed by atoms with van der Waals surface area (Å²) in [5.74, 6) is 0.657. The number of benzene rings is 2. The fourth-order valence-corrected chi connectivity index (χ4v) is 4.10. The Hall–Kier alpha value is -1.76. The van der Waals surface area contributed by atoms with E-state index < -0.39 is 11.7 Å². The van der Waals surface area contributed by atoms with E-state index >= 15 is 0 Å². The predicted octanol–water partition coefficient (Wildman–Crippen LogP) is 3.85. The third-order valence-corrected chi connectivity index (χ3v) is 5.79. The smallest absolute Gasteiger partial charge is 0.410 e. The minimum atomic E-state index is -0.468. The van der Waals surface area contributed by atoms with Gasteiger partial charge in [-0.25, -0.2) is 4.79 Å². The van der Waals surface area contributed by atoms with Crippen molar-refractivity contribution in [3.63, 3.8) is 0 Å². The molecule has 1 aliphatic heterocycles. The van der Waals surface area contributed by atoms with Gasteiger partial charge in [0.15, 0.2) is 0 Å². The molecular formula is C22H30N2O3S. The summed E-state index contributed by atoms with van der Waals surface area (Å²) in [6, 6.07) is 14.7. The van der Waals surface area contributed by atoms with E-state index in [1.54, 1.807) is 16.7 Å². The minimum Gasteiger partial charge on any atom is -0.444 e. The normalized spacial score (nSPS) is 16.9. The van der Waals surface area contributed by atoms with Gasteiger partial charge in [-0.05, 0) is 43.7 Å². The van der Waals surface area contributed by atoms with Crippen molar-refractivity contribution in [2.24, 2.45) is 0 Å². The Morgan fingerprint density at radius 2 is 1.79 bits per heavy atom. The number of piperazine rings is 1. The highest BCUT2D eigenvalue weighted by Gasteiger charge is 2.26. The SMILES string of the molecule is CC(C)(C)OC(=O)N1CCN(CC(O)CSc2ccc3ccccc3c2)CC1. The summed E-state index contributed by atoms with van der Waals surface area (Å²) in [6.45, 7) is 9.07. The first-order valence-electron chi connectivity index (χ1n) is 9.80. The number of hydrogen-bond donors (Lipinski definition) is 1. The van der Waals surface area contributed by atoms with Crippen LogP contribution in [0.2, 0.25) is 0 Å². The van der Waals surface area contributed by atoms with Crippen LogP contribution in [0.1, 0.15) is 20.8 Å². The molecule has 28 heavy (non-hydrogen) atoms. The Morgan fingerprint density at radius 1 is 1.11 bits per heavy atom. The second kappa shape index (κ2) is 9.16. The van der Waals surface area contributed by atoms with Crippen LogP contribution >= 0.6 is 11.8 Å². The second-order valence-corrected chi connectivity index (χ2v) is 9.34. The second-order valence-electron chi connectivity index (χ2n) is 8.24. The molecule has 1 amide bonds. The molecule has 0 aliphatic carbocycles. The number of carbonyl (C=O) groups excluding carboxylic acids is 1. The van der Waals surface area contributed by atoms with E-state index in [1.165, 1.54) is 15.7 Å². The molecule has 2 aromatic rings. The molecule has 1 atom stereocenters. The van der Waals surface area contributed by atoms with Gasteiger partial charge in [-0.1, -0.05) is 30.3 Å². The minimum absolute atomic E-state index is 0.250. The van der Waals surface area contributed by atoms with E-state index in [-0.39, 0.29) is 6.09 Å². The van der Waals surface area contributed by atoms with E-state index in [2.05, 4.69) is 35.2 Å². The maximum absolute atomic E-state index is 12.1. The van der Waals surface area contributed by atoms with Crippen LogP contribution in [0.4, 0.5) is 4.79 Å². The van der Waals surface area contributed by atoms with E-state index in [1.807, 2.05) is 32.9 Å². The predicted molar refractivity (Wildman–Crippen MR) is 115 cm³/mol. The van der Waals surface area contributed by atoms with Gasteiger partial charge in [-0.3, -0.25) is 4.90 Å². The molecule has 0 saturated carbocycles. The van der Waals surface area contributed by atoms with Gasteiger partial charge in [0, 0.05) is 43.4 Å². The van der Waals surface area contributed by atoms with E-state index in [4.69, 9.17) is 4.74 Å². The highest BCUT2D eigenvalue weighted by Crippen LogP contribution is 2.24. The number of aliphatic hydroxyl groups excluding tert-OH is 1. The fraction of sp³-hybridized carbons (Fsp3) is 0.500. The standard InChI is InChI=1S/C22H30N2O3S/c1-22(2,3)27-21(26)24-12-10-23(11-13-24)15-19(25)16-28-20-9-8-17-6-4-5-7-18(17)14-20/h4-9,14,19,25H,10-13,15-16H2,1-3H3. The van der Waals surface area contributed by atoms with Crippen molar-refractivity contribution in [1.82, 2.24) is 9.80 Å². The van der Waals surface area contributed by atoms with Crippen molar-refractivity contribution in [1.29, 1.82) is 0 Å². The fourth-order valence-electron chi connectivity index (χ4n) is 3.24. The first kappa shape index (κ1) is 21.0. The lowest BCUT2D eigenvalue weighted by atomic mass is 10.1. The number of thioether (sulfide) groups is 1. The third-order valence-electron chi connectivity index (χ3n) is 4.66. The number of fused-ring (bicyclic) bond motifs is 1. The zero-order valence-electron chi connectivity index (χ0n) is 16.9. The van der Waals surface area contributed by atoms with Crippen LogP contribution in [0, 0.1) is 0 Å². The Morgan fingerprint density at radius 3 is 2.46 bits per heavy atom. The van der Waals surface area contributed by atoms with Gasteiger partial charge in [0.25, 0.3) is 0 Å². The molecule has 152 valence electrons. The summed E-state index contributed by atoms with van der Waals surface area (Å²) in [6.07, 6.45) is -0.649. The summed E-state index contributed by atoms with van der Waals surface area (Å²) in [5.41, 5.74) is -0.468. The summed E-state index contributed by atoms with van der Waals surface area (Å²) in [5, 5.41) is 12.9. The molecule has 0 aromatic heterocycles. The topological polar surface area (TPSA) is 53.0 Å². The van der Waals surface area contributed by atoms with Gasteiger partial charge in [0.05, 0.1) is 6.10 Å². The van der Waals surface area contributed by atoms with Crippen LogP contribution in [-0.4, -0.2) is 71.2 Å². The maximum atomic E-state index is 12.1. The molecule has 1 heterocycles. The lowest BCUT2D eigenvalue weighted by Crippen LogP contribution is -2.51. The maximum Gasteiger partial charge on any atom is 0.410 e. The van der Waals surface area contributed by atoms with Crippen molar-refractivity contribution in [3.8, 4) is 0 Å². The molecule has 1 N–H and O–H groups in total. The molecule has 5 nitrogen and oxygen atoms in total. The largest absolute Gasteiger partial charge is 0.444 e. The van der Waals surface area contributed by atoms with E-state index in [0.29, 0.717) is 25.4 Å². The first-order valence-corrected chi connectivity index (χ1v) is 10.8. The van der Waals surface area contributed by atoms with Crippen LogP contribution in [-0.2, 0) is 4.74 Å². The average molecular weight is 403 g/mol. The van der Waals surface area contributed by atoms with Crippen LogP contribution in [0.3, 0.4) is 0 Å². The zero-order chi connectivity index (χ0) is 20.1. The number of β-amino-alcohol motifs (C(OH)–C–C–N with tert-alkyl or cyclic N) is 1. The summed E-state index contributed by atoms with van der Waals surface area (Å²) in [4.78, 5) is 17.3. The number of ether oxygens (including phenoxy) is 1. The monoisotopic (exact) mass is 402 g/mol. The number of hydrogen-bond acceptors (Lipinski definition) is 5. The quantitative estimate of drug-likeness (QED) is 0.770. The molecular weight excluding hydrogens is 372 g/mol. The summed E-state index contributed by atoms with van der Waals surface area (Å²) < 4.78 is 5.43. The molecule has 0 spiro atoms. The highest BCUT2D eigenvalue weighted by molar-refractivity contribution is 7.99. The van der Waals surface area contributed by atoms with Crippen LogP contribution in [0.25, 0.3) is 10.8 Å². The average Bonchev–Trinajstić information content (AvgIpc) is 2.65. The molecule has 1 aliphatic rings. The number of aliphatic hydroxyl groups is 1. The molecule has 0 radical (unpaired) electrons. The molecule has 1 saturated heterocycles. The number of nitrogens with zero attached hydrogens (tertiary/aromatic N) is 2. The van der Waals surface area contributed by atoms with Crippen molar-refractivity contribution in [3.05, 3.63) is 42.5 Å². The van der Waals surface area contributed by atoms with Crippen LogP contribution in [0.15, 0.2) is 47.4 Å². The molecule has 3 rings (SSSR count). The number of amides is 1. The lowest BCUT2D eigenvalue weighted by Gasteiger charge is -2.36. The van der Waals surface area contributed by atoms with Gasteiger partial charge >= 0.3 is 6.09 Å². The Bertz CT molecular complexity index is 798. The molecule has 6 heteroatoms. The summed E-state index contributed by atoms with van der Waals surface area (Å²) >= 11 is 1.68.